The second kappa shape index (κ2) is 7.20. The van der Waals surface area contributed by atoms with E-state index in [-0.39, 0.29) is 11.6 Å². The highest BCUT2D eigenvalue weighted by atomic mass is 32.2. The predicted molar refractivity (Wildman–Crippen MR) is 98.7 cm³/mol. The molecule has 0 spiro atoms. The van der Waals surface area contributed by atoms with Crippen LogP contribution < -0.4 is 5.32 Å². The van der Waals surface area contributed by atoms with Crippen LogP contribution in [-0.2, 0) is 6.54 Å². The highest BCUT2D eigenvalue weighted by molar-refractivity contribution is 7.99. The van der Waals surface area contributed by atoms with Crippen molar-refractivity contribution in [2.24, 2.45) is 0 Å². The van der Waals surface area contributed by atoms with Crippen molar-refractivity contribution in [3.63, 3.8) is 0 Å². The number of aromatic nitrogens is 4. The molecule has 1 amide bonds. The van der Waals surface area contributed by atoms with Crippen molar-refractivity contribution < 1.29 is 4.79 Å². The molecule has 1 fully saturated rings. The Morgan fingerprint density at radius 2 is 2.04 bits per heavy atom. The van der Waals surface area contributed by atoms with Crippen LogP contribution >= 0.6 is 11.8 Å². The smallest absolute Gasteiger partial charge is 0.276 e. The molecule has 0 radical (unpaired) electrons. The molecule has 2 N–H and O–H groups in total. The van der Waals surface area contributed by atoms with Gasteiger partial charge in [-0.25, -0.2) is 4.98 Å². The zero-order valence-corrected chi connectivity index (χ0v) is 14.4. The van der Waals surface area contributed by atoms with Crippen molar-refractivity contribution in [1.82, 2.24) is 25.3 Å². The summed E-state index contributed by atoms with van der Waals surface area (Å²) in [4.78, 5) is 19.3. The number of H-pyrrole nitrogens is 1. The summed E-state index contributed by atoms with van der Waals surface area (Å²) in [5.74, 6) is 2.04. The summed E-state index contributed by atoms with van der Waals surface area (Å²) in [6.45, 7) is 2.98. The van der Waals surface area contributed by atoms with Gasteiger partial charge in [-0.2, -0.15) is 27.2 Å². The van der Waals surface area contributed by atoms with Crippen LogP contribution in [-0.4, -0.2) is 55.8 Å². The molecule has 3 heterocycles. The molecular weight excluding hydrogens is 336 g/mol. The highest BCUT2D eigenvalue weighted by Gasteiger charge is 2.17. The molecule has 7 nitrogen and oxygen atoms in total. The Kier molecular flexibility index (Phi) is 4.62. The van der Waals surface area contributed by atoms with Crippen molar-refractivity contribution in [2.75, 3.05) is 29.9 Å². The fourth-order valence-corrected chi connectivity index (χ4v) is 3.88. The Bertz CT molecular complexity index is 889. The van der Waals surface area contributed by atoms with Gasteiger partial charge in [-0.05, 0) is 17.7 Å². The number of carbonyl (C=O) groups is 1. The number of pyridine rings is 1. The van der Waals surface area contributed by atoms with E-state index in [1.165, 1.54) is 0 Å². The number of aromatic amines is 1. The summed E-state index contributed by atoms with van der Waals surface area (Å²) < 4.78 is 0. The molecule has 3 aromatic rings. The van der Waals surface area contributed by atoms with E-state index in [1.807, 2.05) is 30.0 Å². The lowest BCUT2D eigenvalue weighted by molar-refractivity contribution is 0.102. The number of nitrogens with one attached hydrogen (secondary N) is 2. The number of hydrogen-bond donors (Lipinski definition) is 2. The summed E-state index contributed by atoms with van der Waals surface area (Å²) in [5, 5.41) is 13.5. The van der Waals surface area contributed by atoms with Gasteiger partial charge in [0.2, 0.25) is 0 Å². The largest absolute Gasteiger partial charge is 0.320 e. The Balaban J connectivity index is 1.56. The van der Waals surface area contributed by atoms with E-state index in [9.17, 15) is 4.79 Å². The summed E-state index contributed by atoms with van der Waals surface area (Å²) >= 11 is 1.99. The first-order valence-electron chi connectivity index (χ1n) is 8.16. The van der Waals surface area contributed by atoms with Crippen LogP contribution in [0, 0.1) is 0 Å². The van der Waals surface area contributed by atoms with Crippen LogP contribution in [0.25, 0.3) is 11.0 Å². The van der Waals surface area contributed by atoms with E-state index in [0.29, 0.717) is 11.0 Å². The molecule has 1 aliphatic rings. The summed E-state index contributed by atoms with van der Waals surface area (Å²) in [6.07, 6.45) is 1.57. The van der Waals surface area contributed by atoms with Gasteiger partial charge in [0.25, 0.3) is 5.91 Å². The van der Waals surface area contributed by atoms with Crippen LogP contribution in [0.3, 0.4) is 0 Å². The van der Waals surface area contributed by atoms with Gasteiger partial charge < -0.3 is 5.32 Å². The molecule has 1 aromatic carbocycles. The van der Waals surface area contributed by atoms with Gasteiger partial charge in [-0.15, -0.1) is 0 Å². The van der Waals surface area contributed by atoms with Crippen LogP contribution in [0.1, 0.15) is 16.1 Å². The third-order valence-corrected chi connectivity index (χ3v) is 5.16. The minimum Gasteiger partial charge on any atom is -0.320 e. The maximum absolute atomic E-state index is 12.7. The third-order valence-electron chi connectivity index (χ3n) is 4.21. The number of nitrogens with zero attached hydrogens (tertiary/aromatic N) is 4. The van der Waals surface area contributed by atoms with Gasteiger partial charge in [0.15, 0.2) is 5.69 Å². The SMILES string of the molecule is O=C(Nc1ccccc1CN1CCSCC1)c1nccc2n[nH]nc12. The Morgan fingerprint density at radius 1 is 1.20 bits per heavy atom. The summed E-state index contributed by atoms with van der Waals surface area (Å²) in [5.41, 5.74) is 3.29. The first-order valence-corrected chi connectivity index (χ1v) is 9.31. The van der Waals surface area contributed by atoms with E-state index >= 15 is 0 Å². The molecule has 4 rings (SSSR count). The summed E-state index contributed by atoms with van der Waals surface area (Å²) in [7, 11) is 0. The zero-order valence-electron chi connectivity index (χ0n) is 13.6. The van der Waals surface area contributed by atoms with Gasteiger partial charge in [-0.1, -0.05) is 18.2 Å². The minimum atomic E-state index is -0.277. The lowest BCUT2D eigenvalue weighted by Gasteiger charge is -2.27. The van der Waals surface area contributed by atoms with E-state index < -0.39 is 0 Å². The van der Waals surface area contributed by atoms with Crippen molar-refractivity contribution in [3.8, 4) is 0 Å². The fraction of sp³-hybridized carbons (Fsp3) is 0.294. The highest BCUT2D eigenvalue weighted by Crippen LogP contribution is 2.21. The molecule has 0 aliphatic carbocycles. The van der Waals surface area contributed by atoms with Crippen molar-refractivity contribution >= 4 is 34.4 Å². The normalized spacial score (nSPS) is 15.4. The van der Waals surface area contributed by atoms with Gasteiger partial charge in [-0.3, -0.25) is 9.69 Å². The molecule has 0 saturated carbocycles. The first kappa shape index (κ1) is 16.0. The average molecular weight is 354 g/mol. The Morgan fingerprint density at radius 3 is 2.92 bits per heavy atom. The molecule has 0 bridgehead atoms. The number of fused-ring (bicyclic) bond motifs is 1. The number of anilines is 1. The molecule has 25 heavy (non-hydrogen) atoms. The number of carbonyl (C=O) groups excluding carboxylic acids is 1. The van der Waals surface area contributed by atoms with Crippen molar-refractivity contribution in [3.05, 3.63) is 47.8 Å². The lowest BCUT2D eigenvalue weighted by atomic mass is 10.1. The predicted octanol–water partition coefficient (Wildman–Crippen LogP) is 2.15. The molecule has 8 heteroatoms. The van der Waals surface area contributed by atoms with E-state index in [2.05, 4.69) is 36.7 Å². The minimum absolute atomic E-state index is 0.274. The van der Waals surface area contributed by atoms with Crippen LogP contribution in [0.4, 0.5) is 5.69 Å². The molecule has 0 atom stereocenters. The van der Waals surface area contributed by atoms with Crippen LogP contribution in [0.5, 0.6) is 0 Å². The van der Waals surface area contributed by atoms with E-state index in [4.69, 9.17) is 0 Å². The maximum Gasteiger partial charge on any atom is 0.276 e. The standard InChI is InChI=1S/C17H18N6OS/c24-17(16-15-14(5-6-18-16)20-22-21-15)19-13-4-2-1-3-12(13)11-23-7-9-25-10-8-23/h1-6H,7-11H2,(H,19,24)(H,20,21,22). The quantitative estimate of drug-likeness (QED) is 0.747. The molecule has 128 valence electrons. The van der Waals surface area contributed by atoms with E-state index in [0.717, 1.165) is 42.4 Å². The second-order valence-electron chi connectivity index (χ2n) is 5.85. The van der Waals surface area contributed by atoms with E-state index in [1.54, 1.807) is 12.3 Å². The monoisotopic (exact) mass is 354 g/mol. The van der Waals surface area contributed by atoms with Crippen LogP contribution in [0.15, 0.2) is 36.5 Å². The molecule has 1 aliphatic heterocycles. The molecule has 0 unspecified atom stereocenters. The Hall–Kier alpha value is -2.45. The lowest BCUT2D eigenvalue weighted by Crippen LogP contribution is -2.32. The molecule has 2 aromatic heterocycles. The number of thioether (sulfide) groups is 1. The van der Waals surface area contributed by atoms with Gasteiger partial charge in [0.05, 0.1) is 0 Å². The third kappa shape index (κ3) is 3.49. The van der Waals surface area contributed by atoms with Gasteiger partial charge >= 0.3 is 0 Å². The number of amides is 1. The number of rotatable bonds is 4. The zero-order chi connectivity index (χ0) is 17.1. The number of benzene rings is 1. The van der Waals surface area contributed by atoms with Crippen LogP contribution in [0.2, 0.25) is 0 Å². The first-order chi connectivity index (χ1) is 12.3. The topological polar surface area (TPSA) is 86.8 Å². The summed E-state index contributed by atoms with van der Waals surface area (Å²) in [6, 6.07) is 9.63. The second-order valence-corrected chi connectivity index (χ2v) is 7.08. The van der Waals surface area contributed by atoms with Crippen molar-refractivity contribution in [2.45, 2.75) is 6.54 Å². The number of para-hydroxylation sites is 1. The Labute approximate surface area is 149 Å². The van der Waals surface area contributed by atoms with Gasteiger partial charge in [0.1, 0.15) is 11.0 Å². The molecular formula is C17H18N6OS. The van der Waals surface area contributed by atoms with Crippen molar-refractivity contribution in [1.29, 1.82) is 0 Å². The fourth-order valence-electron chi connectivity index (χ4n) is 2.90. The molecule has 1 saturated heterocycles. The average Bonchev–Trinajstić information content (AvgIpc) is 3.13. The number of hydrogen-bond acceptors (Lipinski definition) is 6. The van der Waals surface area contributed by atoms with Gasteiger partial charge in [0, 0.05) is 43.0 Å². The maximum atomic E-state index is 12.7.